The zero-order chi connectivity index (χ0) is 21.6. The Labute approximate surface area is 173 Å². The van der Waals surface area contributed by atoms with Crippen LogP contribution in [0.15, 0.2) is 40.8 Å². The van der Waals surface area contributed by atoms with E-state index in [0.717, 1.165) is 18.4 Å². The fraction of sp³-hybridized carbons (Fsp3) is 0.571. The van der Waals surface area contributed by atoms with Gasteiger partial charge in [-0.25, -0.2) is 4.79 Å². The molecule has 0 aromatic heterocycles. The van der Waals surface area contributed by atoms with E-state index in [0.29, 0.717) is 5.57 Å². The van der Waals surface area contributed by atoms with Gasteiger partial charge in [0.05, 0.1) is 35.9 Å². The lowest BCUT2D eigenvalue weighted by atomic mass is 9.90. The highest BCUT2D eigenvalue weighted by atomic mass is 32.2. The maximum atomic E-state index is 12.7. The number of carbonyl (C=O) groups excluding carboxylic acids is 1. The summed E-state index contributed by atoms with van der Waals surface area (Å²) in [6.45, 7) is 7.78. The molecule has 2 N–H and O–H groups in total. The van der Waals surface area contributed by atoms with Gasteiger partial charge in [-0.05, 0) is 44.9 Å². The Bertz CT molecular complexity index is 814. The van der Waals surface area contributed by atoms with Crippen LogP contribution in [-0.4, -0.2) is 45.3 Å². The number of aryl methyl sites for hydroxylation is 1. The molecule has 3 atom stereocenters. The lowest BCUT2D eigenvalue weighted by Crippen LogP contribution is -2.51. The molecule has 0 amide bonds. The molecule has 1 aromatic carbocycles. The lowest BCUT2D eigenvalue weighted by Gasteiger charge is -2.35. The van der Waals surface area contributed by atoms with Crippen LogP contribution in [0, 0.1) is 6.92 Å². The first kappa shape index (κ1) is 23.5. The van der Waals surface area contributed by atoms with E-state index in [-0.39, 0.29) is 24.0 Å². The molecule has 1 aromatic rings. The van der Waals surface area contributed by atoms with E-state index in [1.165, 1.54) is 12.1 Å². The first-order chi connectivity index (χ1) is 13.7. The van der Waals surface area contributed by atoms with Crippen LogP contribution < -0.4 is 5.73 Å². The predicted molar refractivity (Wildman–Crippen MR) is 110 cm³/mol. The number of ether oxygens (including phenoxy) is 2. The summed E-state index contributed by atoms with van der Waals surface area (Å²) in [6.07, 6.45) is 1.58. The maximum absolute atomic E-state index is 12.7. The van der Waals surface area contributed by atoms with Gasteiger partial charge in [0.15, 0.2) is 0 Å². The first-order valence-corrected chi connectivity index (χ1v) is 11.4. The Morgan fingerprint density at radius 3 is 2.34 bits per heavy atom. The van der Waals surface area contributed by atoms with Crippen LogP contribution in [0.1, 0.15) is 45.6 Å². The summed E-state index contributed by atoms with van der Waals surface area (Å²) in [5.41, 5.74) is 7.56. The molecule has 0 heterocycles. The summed E-state index contributed by atoms with van der Waals surface area (Å²) in [4.78, 5) is 12.3. The minimum Gasteiger partial charge on any atom is -0.463 e. The van der Waals surface area contributed by atoms with Crippen LogP contribution in [0.25, 0.3) is 0 Å². The largest absolute Gasteiger partial charge is 0.463 e. The minimum absolute atomic E-state index is 0.0356. The highest BCUT2D eigenvalue weighted by molar-refractivity contribution is 7.86. The molecule has 2 unspecified atom stereocenters. The number of hydrogen-bond acceptors (Lipinski definition) is 7. The van der Waals surface area contributed by atoms with Gasteiger partial charge >= 0.3 is 5.97 Å². The number of esters is 1. The molecule has 0 saturated carbocycles. The lowest BCUT2D eigenvalue weighted by molar-refractivity contribution is -0.139. The smallest absolute Gasteiger partial charge is 0.333 e. The molecule has 8 heteroatoms. The molecule has 1 aliphatic rings. The van der Waals surface area contributed by atoms with Crippen LogP contribution in [0.2, 0.25) is 0 Å². The van der Waals surface area contributed by atoms with Gasteiger partial charge in [0.1, 0.15) is 0 Å². The normalized spacial score (nSPS) is 22.4. The molecule has 0 bridgehead atoms. The quantitative estimate of drug-likeness (QED) is 0.479. The van der Waals surface area contributed by atoms with E-state index in [4.69, 9.17) is 19.4 Å². The van der Waals surface area contributed by atoms with Crippen molar-refractivity contribution in [3.05, 3.63) is 41.5 Å². The Morgan fingerprint density at radius 1 is 1.17 bits per heavy atom. The van der Waals surface area contributed by atoms with E-state index >= 15 is 0 Å². The Kier molecular flexibility index (Phi) is 8.39. The average molecular weight is 426 g/mol. The van der Waals surface area contributed by atoms with E-state index in [1.807, 2.05) is 20.8 Å². The van der Waals surface area contributed by atoms with Gasteiger partial charge in [-0.1, -0.05) is 31.5 Å². The number of hydrogen-bond donors (Lipinski definition) is 1. The topological polar surface area (TPSA) is 105 Å². The fourth-order valence-corrected chi connectivity index (χ4v) is 4.27. The molecule has 0 saturated heterocycles. The Hall–Kier alpha value is -1.74. The van der Waals surface area contributed by atoms with E-state index in [1.54, 1.807) is 25.1 Å². The second-order valence-electron chi connectivity index (χ2n) is 7.13. The molecule has 0 fully saturated rings. The van der Waals surface area contributed by atoms with Crippen molar-refractivity contribution in [2.24, 2.45) is 5.73 Å². The number of carbonyl (C=O) groups is 1. The molecule has 162 valence electrons. The van der Waals surface area contributed by atoms with Gasteiger partial charge in [0.25, 0.3) is 10.1 Å². The monoisotopic (exact) mass is 425 g/mol. The van der Waals surface area contributed by atoms with Crippen molar-refractivity contribution >= 4 is 16.1 Å². The van der Waals surface area contributed by atoms with E-state index in [2.05, 4.69) is 0 Å². The summed E-state index contributed by atoms with van der Waals surface area (Å²) in [6, 6.07) is 5.62. The minimum atomic E-state index is -4.05. The van der Waals surface area contributed by atoms with Gasteiger partial charge in [0, 0.05) is 12.0 Å². The van der Waals surface area contributed by atoms with Gasteiger partial charge in [0.2, 0.25) is 0 Å². The highest BCUT2D eigenvalue weighted by Crippen LogP contribution is 2.28. The molecule has 7 nitrogen and oxygen atoms in total. The molecule has 1 aliphatic carbocycles. The van der Waals surface area contributed by atoms with Crippen molar-refractivity contribution in [3.63, 3.8) is 0 Å². The summed E-state index contributed by atoms with van der Waals surface area (Å²) < 4.78 is 42.1. The van der Waals surface area contributed by atoms with Gasteiger partial charge in [-0.15, -0.1) is 0 Å². The van der Waals surface area contributed by atoms with Gasteiger partial charge < -0.3 is 15.2 Å². The number of benzene rings is 1. The van der Waals surface area contributed by atoms with Crippen molar-refractivity contribution in [2.75, 3.05) is 6.61 Å². The third-order valence-electron chi connectivity index (χ3n) is 4.95. The van der Waals surface area contributed by atoms with Gasteiger partial charge in [-0.3, -0.25) is 4.18 Å². The zero-order valence-electron chi connectivity index (χ0n) is 17.5. The summed E-state index contributed by atoms with van der Waals surface area (Å²) in [5.74, 6) is -0.515. The molecule has 0 radical (unpaired) electrons. The number of rotatable bonds is 9. The van der Waals surface area contributed by atoms with Crippen molar-refractivity contribution in [1.29, 1.82) is 0 Å². The molecule has 0 spiro atoms. The Morgan fingerprint density at radius 2 is 1.79 bits per heavy atom. The standard InChI is InChI=1S/C21H31NO6S/c1-5-16(6-2)27-18-12-15(21(23)26-7-3)13-19(20(18)22)28-29(24,25)17-10-8-14(4)9-11-17/h8-12,16,18-20H,5-7,13,22H2,1-4H3/t18?,19?,20-/m0/s1. The molecular formula is C21H31NO6S. The van der Waals surface area contributed by atoms with Crippen molar-refractivity contribution in [3.8, 4) is 0 Å². The van der Waals surface area contributed by atoms with Crippen LogP contribution in [0.3, 0.4) is 0 Å². The second kappa shape index (κ2) is 10.3. The molecule has 0 aliphatic heterocycles. The van der Waals surface area contributed by atoms with E-state index < -0.39 is 34.3 Å². The molecule has 2 rings (SSSR count). The first-order valence-electron chi connectivity index (χ1n) is 10.0. The van der Waals surface area contributed by atoms with Crippen LogP contribution in [0.4, 0.5) is 0 Å². The SMILES string of the molecule is CCOC(=O)C1=CC(OC(CC)CC)[C@H](N)C(OS(=O)(=O)c2ccc(C)cc2)C1. The third-order valence-corrected chi connectivity index (χ3v) is 6.30. The molecule has 29 heavy (non-hydrogen) atoms. The average Bonchev–Trinajstić information content (AvgIpc) is 2.68. The second-order valence-corrected chi connectivity index (χ2v) is 8.71. The highest BCUT2D eigenvalue weighted by Gasteiger charge is 2.38. The van der Waals surface area contributed by atoms with E-state index in [9.17, 15) is 13.2 Å². The van der Waals surface area contributed by atoms with Gasteiger partial charge in [-0.2, -0.15) is 8.42 Å². The van der Waals surface area contributed by atoms with Crippen molar-refractivity contribution in [1.82, 2.24) is 0 Å². The van der Waals surface area contributed by atoms with Crippen LogP contribution in [-0.2, 0) is 28.6 Å². The summed E-state index contributed by atoms with van der Waals surface area (Å²) in [5, 5.41) is 0. The fourth-order valence-electron chi connectivity index (χ4n) is 3.17. The Balaban J connectivity index is 2.29. The van der Waals surface area contributed by atoms with Crippen LogP contribution >= 0.6 is 0 Å². The zero-order valence-corrected chi connectivity index (χ0v) is 18.3. The van der Waals surface area contributed by atoms with Crippen molar-refractivity contribution < 1.29 is 26.9 Å². The summed E-state index contributed by atoms with van der Waals surface area (Å²) in [7, 11) is -4.05. The van der Waals surface area contributed by atoms with Crippen LogP contribution in [0.5, 0.6) is 0 Å². The van der Waals surface area contributed by atoms with Crippen molar-refractivity contribution in [2.45, 2.75) is 76.2 Å². The number of nitrogens with two attached hydrogens (primary N) is 1. The maximum Gasteiger partial charge on any atom is 0.333 e. The third kappa shape index (κ3) is 6.12. The predicted octanol–water partition coefficient (Wildman–Crippen LogP) is 2.86. The summed E-state index contributed by atoms with van der Waals surface area (Å²) >= 11 is 0. The molecular weight excluding hydrogens is 394 g/mol.